The summed E-state index contributed by atoms with van der Waals surface area (Å²) in [6.07, 6.45) is 0. The zero-order chi connectivity index (χ0) is 14.4. The fraction of sp³-hybridized carbons (Fsp3) is 0.500. The molecule has 2 amide bonds. The van der Waals surface area contributed by atoms with Gasteiger partial charge in [-0.1, -0.05) is 11.6 Å². The van der Waals surface area contributed by atoms with Crippen molar-refractivity contribution in [3.63, 3.8) is 0 Å². The molecule has 1 heterocycles. The quantitative estimate of drug-likeness (QED) is 0.862. The smallest absolute Gasteiger partial charge is 0.317 e. The maximum atomic E-state index is 11.9. The normalized spacial score (nSPS) is 15.3. The third-order valence-electron chi connectivity index (χ3n) is 3.34. The number of hydrogen-bond donors (Lipinski definition) is 1. The number of halogens is 1. The Morgan fingerprint density at radius 3 is 2.50 bits per heavy atom. The van der Waals surface area contributed by atoms with Crippen LogP contribution >= 0.6 is 11.6 Å². The number of rotatable bonds is 4. The number of carbonyl (C=O) groups is 1. The molecule has 0 spiro atoms. The van der Waals surface area contributed by atoms with Crippen molar-refractivity contribution in [3.8, 4) is 0 Å². The molecule has 0 atom stereocenters. The molecule has 1 aliphatic heterocycles. The summed E-state index contributed by atoms with van der Waals surface area (Å²) in [6, 6.07) is 7.78. The number of nitrogens with zero attached hydrogens (tertiary/aromatic N) is 2. The summed E-state index contributed by atoms with van der Waals surface area (Å²) < 4.78 is 4.91. The summed E-state index contributed by atoms with van der Waals surface area (Å²) in [5.41, 5.74) is 1.15. The van der Waals surface area contributed by atoms with Crippen LogP contribution in [0.15, 0.2) is 24.3 Å². The van der Waals surface area contributed by atoms with E-state index in [1.165, 1.54) is 0 Å². The molecule has 20 heavy (non-hydrogen) atoms. The summed E-state index contributed by atoms with van der Waals surface area (Å²) in [6.45, 7) is 4.20. The topological polar surface area (TPSA) is 44.8 Å². The molecule has 1 aromatic rings. The number of ether oxygens (including phenoxy) is 1. The molecule has 1 N–H and O–H groups in total. The average Bonchev–Trinajstić information content (AvgIpc) is 2.48. The minimum Gasteiger partial charge on any atom is -0.383 e. The number of piperazine rings is 1. The Balaban J connectivity index is 1.80. The Kier molecular flexibility index (Phi) is 5.49. The van der Waals surface area contributed by atoms with E-state index >= 15 is 0 Å². The van der Waals surface area contributed by atoms with Crippen molar-refractivity contribution in [2.75, 3.05) is 51.3 Å². The molecule has 2 rings (SSSR count). The van der Waals surface area contributed by atoms with Crippen LogP contribution in [0.25, 0.3) is 0 Å². The van der Waals surface area contributed by atoms with Crippen molar-refractivity contribution in [2.45, 2.75) is 0 Å². The molecule has 1 fully saturated rings. The molecule has 6 heteroatoms. The second-order valence-electron chi connectivity index (χ2n) is 4.68. The Morgan fingerprint density at radius 2 is 1.90 bits per heavy atom. The van der Waals surface area contributed by atoms with Crippen LogP contribution in [-0.4, -0.2) is 57.4 Å². The highest BCUT2D eigenvalue weighted by molar-refractivity contribution is 6.30. The van der Waals surface area contributed by atoms with Gasteiger partial charge < -0.3 is 19.9 Å². The van der Waals surface area contributed by atoms with Crippen LogP contribution < -0.4 is 10.2 Å². The van der Waals surface area contributed by atoms with E-state index in [1.807, 2.05) is 29.2 Å². The number of hydrogen-bond acceptors (Lipinski definition) is 3. The first-order valence-electron chi connectivity index (χ1n) is 6.73. The molecule has 1 saturated heterocycles. The second-order valence-corrected chi connectivity index (χ2v) is 5.11. The monoisotopic (exact) mass is 297 g/mol. The lowest BCUT2D eigenvalue weighted by atomic mass is 10.2. The van der Waals surface area contributed by atoms with E-state index in [2.05, 4.69) is 10.2 Å². The van der Waals surface area contributed by atoms with Gasteiger partial charge in [-0.05, 0) is 24.3 Å². The Bertz CT molecular complexity index is 431. The summed E-state index contributed by atoms with van der Waals surface area (Å²) in [7, 11) is 1.62. The van der Waals surface area contributed by atoms with Crippen LogP contribution in [0, 0.1) is 0 Å². The molecular weight excluding hydrogens is 278 g/mol. The first-order chi connectivity index (χ1) is 9.70. The summed E-state index contributed by atoms with van der Waals surface area (Å²) in [5.74, 6) is 0. The maximum absolute atomic E-state index is 11.9. The van der Waals surface area contributed by atoms with Gasteiger partial charge in [-0.15, -0.1) is 0 Å². The highest BCUT2D eigenvalue weighted by atomic mass is 35.5. The van der Waals surface area contributed by atoms with E-state index in [0.29, 0.717) is 13.2 Å². The molecule has 0 saturated carbocycles. The van der Waals surface area contributed by atoms with E-state index in [9.17, 15) is 4.79 Å². The average molecular weight is 298 g/mol. The third kappa shape index (κ3) is 4.02. The molecule has 110 valence electrons. The van der Waals surface area contributed by atoms with Crippen molar-refractivity contribution in [3.05, 3.63) is 29.3 Å². The van der Waals surface area contributed by atoms with Gasteiger partial charge in [0, 0.05) is 50.5 Å². The minimum absolute atomic E-state index is 0.0159. The lowest BCUT2D eigenvalue weighted by Crippen LogP contribution is -2.52. The fourth-order valence-electron chi connectivity index (χ4n) is 2.19. The van der Waals surface area contributed by atoms with Gasteiger partial charge in [-0.25, -0.2) is 4.79 Å². The standard InChI is InChI=1S/C14H20ClN3O2/c1-20-11-6-16-14(19)18-9-7-17(8-10-18)13-4-2-12(15)3-5-13/h2-5H,6-11H2,1H3,(H,16,19). The van der Waals surface area contributed by atoms with E-state index in [0.717, 1.165) is 36.9 Å². The van der Waals surface area contributed by atoms with Gasteiger partial charge in [0.25, 0.3) is 0 Å². The third-order valence-corrected chi connectivity index (χ3v) is 3.59. The zero-order valence-corrected chi connectivity index (χ0v) is 12.4. The SMILES string of the molecule is COCCNC(=O)N1CCN(c2ccc(Cl)cc2)CC1. The Labute approximate surface area is 124 Å². The van der Waals surface area contributed by atoms with Gasteiger partial charge in [0.1, 0.15) is 0 Å². The van der Waals surface area contributed by atoms with Gasteiger partial charge in [0.05, 0.1) is 6.61 Å². The molecule has 5 nitrogen and oxygen atoms in total. The number of methoxy groups -OCH3 is 1. The Morgan fingerprint density at radius 1 is 1.25 bits per heavy atom. The minimum atomic E-state index is -0.0159. The van der Waals surface area contributed by atoms with Crippen LogP contribution in [0.4, 0.5) is 10.5 Å². The number of carbonyl (C=O) groups excluding carboxylic acids is 1. The molecular formula is C14H20ClN3O2. The molecule has 1 aromatic carbocycles. The van der Waals surface area contributed by atoms with Crippen LogP contribution in [0.1, 0.15) is 0 Å². The summed E-state index contributed by atoms with van der Waals surface area (Å²) in [4.78, 5) is 16.0. The lowest BCUT2D eigenvalue weighted by Gasteiger charge is -2.36. The highest BCUT2D eigenvalue weighted by Crippen LogP contribution is 2.19. The number of urea groups is 1. The van der Waals surface area contributed by atoms with Gasteiger partial charge in [0.2, 0.25) is 0 Å². The second kappa shape index (κ2) is 7.36. The van der Waals surface area contributed by atoms with Gasteiger partial charge in [-0.3, -0.25) is 0 Å². The highest BCUT2D eigenvalue weighted by Gasteiger charge is 2.20. The van der Waals surface area contributed by atoms with E-state index in [4.69, 9.17) is 16.3 Å². The van der Waals surface area contributed by atoms with Crippen LogP contribution in [-0.2, 0) is 4.74 Å². The molecule has 0 radical (unpaired) electrons. The van der Waals surface area contributed by atoms with Crippen molar-refractivity contribution < 1.29 is 9.53 Å². The van der Waals surface area contributed by atoms with Crippen LogP contribution in [0.2, 0.25) is 5.02 Å². The number of nitrogens with one attached hydrogen (secondary N) is 1. The molecule has 0 aliphatic carbocycles. The van der Waals surface area contributed by atoms with Crippen molar-refractivity contribution in [1.82, 2.24) is 10.2 Å². The number of benzene rings is 1. The van der Waals surface area contributed by atoms with Crippen LogP contribution in [0.3, 0.4) is 0 Å². The summed E-state index contributed by atoms with van der Waals surface area (Å²) >= 11 is 5.89. The maximum Gasteiger partial charge on any atom is 0.317 e. The van der Waals surface area contributed by atoms with Gasteiger partial charge in [0.15, 0.2) is 0 Å². The van der Waals surface area contributed by atoms with Gasteiger partial charge >= 0.3 is 6.03 Å². The van der Waals surface area contributed by atoms with Crippen LogP contribution in [0.5, 0.6) is 0 Å². The first-order valence-corrected chi connectivity index (χ1v) is 7.11. The summed E-state index contributed by atoms with van der Waals surface area (Å²) in [5, 5.41) is 3.58. The van der Waals surface area contributed by atoms with E-state index < -0.39 is 0 Å². The molecule has 0 bridgehead atoms. The number of anilines is 1. The molecule has 0 unspecified atom stereocenters. The molecule has 1 aliphatic rings. The van der Waals surface area contributed by atoms with Crippen molar-refractivity contribution in [1.29, 1.82) is 0 Å². The predicted molar refractivity (Wildman–Crippen MR) is 80.5 cm³/mol. The molecule has 0 aromatic heterocycles. The lowest BCUT2D eigenvalue weighted by molar-refractivity contribution is 0.177. The zero-order valence-electron chi connectivity index (χ0n) is 11.6. The predicted octanol–water partition coefficient (Wildman–Crippen LogP) is 1.82. The van der Waals surface area contributed by atoms with Crippen molar-refractivity contribution >= 4 is 23.3 Å². The first kappa shape index (κ1) is 14.9. The van der Waals surface area contributed by atoms with Gasteiger partial charge in [-0.2, -0.15) is 0 Å². The van der Waals surface area contributed by atoms with Crippen molar-refractivity contribution in [2.24, 2.45) is 0 Å². The van der Waals surface area contributed by atoms with E-state index in [1.54, 1.807) is 7.11 Å². The Hall–Kier alpha value is -1.46. The number of amides is 2. The fourth-order valence-corrected chi connectivity index (χ4v) is 2.32. The van der Waals surface area contributed by atoms with E-state index in [-0.39, 0.29) is 6.03 Å². The largest absolute Gasteiger partial charge is 0.383 e.